The van der Waals surface area contributed by atoms with Crippen LogP contribution in [0.2, 0.25) is 0 Å². The average Bonchev–Trinajstić information content (AvgIpc) is 2.30. The number of hydrogen-bond donors (Lipinski definition) is 1. The molecule has 1 N–H and O–H groups in total. The predicted octanol–water partition coefficient (Wildman–Crippen LogP) is 1.54. The molecular weight excluding hydrogens is 228 g/mol. The fraction of sp³-hybridized carbons (Fsp3) is 0.429. The lowest BCUT2D eigenvalue weighted by Gasteiger charge is -2.32. The van der Waals surface area contributed by atoms with Crippen molar-refractivity contribution in [1.29, 1.82) is 0 Å². The van der Waals surface area contributed by atoms with Crippen molar-refractivity contribution in [3.63, 3.8) is 0 Å². The predicted molar refractivity (Wildman–Crippen MR) is 70.5 cm³/mol. The van der Waals surface area contributed by atoms with E-state index in [1.807, 2.05) is 32.9 Å². The van der Waals surface area contributed by atoms with Gasteiger partial charge in [0.15, 0.2) is 0 Å². The van der Waals surface area contributed by atoms with Crippen LogP contribution in [0.5, 0.6) is 0 Å². The Labute approximate surface area is 107 Å². The van der Waals surface area contributed by atoms with Gasteiger partial charge in [-0.3, -0.25) is 9.59 Å². The number of aryl methyl sites for hydroxylation is 2. The van der Waals surface area contributed by atoms with Gasteiger partial charge in [-0.05, 0) is 43.5 Å². The van der Waals surface area contributed by atoms with Crippen LogP contribution in [0.3, 0.4) is 0 Å². The number of anilines is 1. The van der Waals surface area contributed by atoms with E-state index in [4.69, 9.17) is 0 Å². The maximum Gasteiger partial charge on any atom is 0.250 e. The second kappa shape index (κ2) is 4.80. The van der Waals surface area contributed by atoms with Crippen molar-refractivity contribution in [1.82, 2.24) is 5.32 Å². The van der Waals surface area contributed by atoms with Crippen LogP contribution in [0.25, 0.3) is 0 Å². The average molecular weight is 246 g/mol. The number of hydrogen-bond acceptors (Lipinski definition) is 2. The summed E-state index contributed by atoms with van der Waals surface area (Å²) in [6.45, 7) is 5.98. The molecule has 1 atom stereocenters. The minimum Gasteiger partial charge on any atom is -0.343 e. The first-order valence-corrected chi connectivity index (χ1v) is 6.20. The Kier molecular flexibility index (Phi) is 3.36. The molecule has 1 aromatic carbocycles. The highest BCUT2D eigenvalue weighted by Crippen LogP contribution is 2.21. The van der Waals surface area contributed by atoms with E-state index in [1.54, 1.807) is 4.90 Å². The lowest BCUT2D eigenvalue weighted by atomic mass is 10.1. The molecule has 1 unspecified atom stereocenters. The summed E-state index contributed by atoms with van der Waals surface area (Å²) in [5, 5.41) is 2.71. The lowest BCUT2D eigenvalue weighted by molar-refractivity contribution is -0.131. The van der Waals surface area contributed by atoms with E-state index in [0.29, 0.717) is 6.42 Å². The normalized spacial score (nSPS) is 19.9. The van der Waals surface area contributed by atoms with E-state index < -0.39 is 6.04 Å². The molecule has 1 aliphatic rings. The summed E-state index contributed by atoms with van der Waals surface area (Å²) in [4.78, 5) is 25.4. The molecule has 0 bridgehead atoms. The van der Waals surface area contributed by atoms with Crippen molar-refractivity contribution in [2.45, 2.75) is 33.2 Å². The highest BCUT2D eigenvalue weighted by Gasteiger charge is 2.32. The Bertz CT molecular complexity index is 476. The lowest BCUT2D eigenvalue weighted by Crippen LogP contribution is -2.58. The van der Waals surface area contributed by atoms with E-state index in [2.05, 4.69) is 11.4 Å². The highest BCUT2D eigenvalue weighted by molar-refractivity contribution is 6.06. The van der Waals surface area contributed by atoms with Gasteiger partial charge >= 0.3 is 0 Å². The van der Waals surface area contributed by atoms with E-state index >= 15 is 0 Å². The van der Waals surface area contributed by atoms with Crippen molar-refractivity contribution in [2.24, 2.45) is 0 Å². The Balaban J connectivity index is 2.35. The third-order valence-corrected chi connectivity index (χ3v) is 3.13. The van der Waals surface area contributed by atoms with Crippen molar-refractivity contribution in [3.05, 3.63) is 29.3 Å². The van der Waals surface area contributed by atoms with Gasteiger partial charge < -0.3 is 10.2 Å². The molecule has 96 valence electrons. The molecule has 0 aromatic heterocycles. The molecule has 0 saturated carbocycles. The highest BCUT2D eigenvalue weighted by atomic mass is 16.2. The van der Waals surface area contributed by atoms with E-state index in [0.717, 1.165) is 16.8 Å². The SMILES string of the molecule is CCC1NC(=O)CN(c2cc(C)cc(C)c2)C1=O. The summed E-state index contributed by atoms with van der Waals surface area (Å²) < 4.78 is 0. The minimum absolute atomic E-state index is 0.0258. The summed E-state index contributed by atoms with van der Waals surface area (Å²) in [6, 6.07) is 5.54. The number of nitrogens with zero attached hydrogens (tertiary/aromatic N) is 1. The van der Waals surface area contributed by atoms with Crippen LogP contribution in [-0.4, -0.2) is 24.4 Å². The van der Waals surface area contributed by atoms with Gasteiger partial charge in [0.25, 0.3) is 0 Å². The van der Waals surface area contributed by atoms with Crippen LogP contribution >= 0.6 is 0 Å². The summed E-state index contributed by atoms with van der Waals surface area (Å²) in [5.41, 5.74) is 3.00. The number of carbonyl (C=O) groups excluding carboxylic acids is 2. The van der Waals surface area contributed by atoms with Crippen molar-refractivity contribution >= 4 is 17.5 Å². The zero-order valence-corrected chi connectivity index (χ0v) is 11.0. The molecular formula is C14H18N2O2. The summed E-state index contributed by atoms with van der Waals surface area (Å²) >= 11 is 0. The number of carbonyl (C=O) groups is 2. The number of rotatable bonds is 2. The quantitative estimate of drug-likeness (QED) is 0.860. The smallest absolute Gasteiger partial charge is 0.250 e. The van der Waals surface area contributed by atoms with Crippen molar-refractivity contribution in [3.8, 4) is 0 Å². The zero-order chi connectivity index (χ0) is 13.3. The van der Waals surface area contributed by atoms with Gasteiger partial charge in [0.1, 0.15) is 12.6 Å². The van der Waals surface area contributed by atoms with Crippen LogP contribution in [0.1, 0.15) is 24.5 Å². The molecule has 4 heteroatoms. The van der Waals surface area contributed by atoms with Crippen LogP contribution in [0.4, 0.5) is 5.69 Å². The fourth-order valence-electron chi connectivity index (χ4n) is 2.31. The number of nitrogens with one attached hydrogen (secondary N) is 1. The van der Waals surface area contributed by atoms with Gasteiger partial charge in [0.2, 0.25) is 11.8 Å². The standard InChI is InChI=1S/C14H18N2O2/c1-4-12-14(18)16(8-13(17)15-12)11-6-9(2)5-10(3)7-11/h5-7,12H,4,8H2,1-3H3,(H,15,17). The molecule has 4 nitrogen and oxygen atoms in total. The van der Waals surface area contributed by atoms with Crippen LogP contribution in [0.15, 0.2) is 18.2 Å². The van der Waals surface area contributed by atoms with E-state index in [-0.39, 0.29) is 18.4 Å². The number of amides is 2. The topological polar surface area (TPSA) is 49.4 Å². The third kappa shape index (κ3) is 2.37. The van der Waals surface area contributed by atoms with Gasteiger partial charge in [0, 0.05) is 5.69 Å². The van der Waals surface area contributed by atoms with Crippen LogP contribution in [0, 0.1) is 13.8 Å². The monoisotopic (exact) mass is 246 g/mol. The van der Waals surface area contributed by atoms with Crippen LogP contribution < -0.4 is 10.2 Å². The summed E-state index contributed by atoms with van der Waals surface area (Å²) in [6.07, 6.45) is 0.617. The van der Waals surface area contributed by atoms with Crippen molar-refractivity contribution in [2.75, 3.05) is 11.4 Å². The van der Waals surface area contributed by atoms with E-state index in [1.165, 1.54) is 0 Å². The fourth-order valence-corrected chi connectivity index (χ4v) is 2.31. The summed E-state index contributed by atoms with van der Waals surface area (Å²) in [5.74, 6) is -0.122. The van der Waals surface area contributed by atoms with E-state index in [9.17, 15) is 9.59 Å². The molecule has 1 fully saturated rings. The molecule has 1 heterocycles. The molecule has 0 aliphatic carbocycles. The van der Waals surface area contributed by atoms with Gasteiger partial charge in [0.05, 0.1) is 0 Å². The molecule has 0 spiro atoms. The Morgan fingerprint density at radius 2 is 1.83 bits per heavy atom. The van der Waals surface area contributed by atoms with Gasteiger partial charge in [-0.15, -0.1) is 0 Å². The zero-order valence-electron chi connectivity index (χ0n) is 11.0. The second-order valence-electron chi connectivity index (χ2n) is 4.80. The maximum absolute atomic E-state index is 12.2. The maximum atomic E-state index is 12.2. The van der Waals surface area contributed by atoms with Crippen LogP contribution in [-0.2, 0) is 9.59 Å². The van der Waals surface area contributed by atoms with Gasteiger partial charge in [-0.1, -0.05) is 13.0 Å². The number of benzene rings is 1. The van der Waals surface area contributed by atoms with Gasteiger partial charge in [-0.2, -0.15) is 0 Å². The Hall–Kier alpha value is -1.84. The molecule has 2 amide bonds. The minimum atomic E-state index is -0.396. The first kappa shape index (κ1) is 12.6. The second-order valence-corrected chi connectivity index (χ2v) is 4.80. The Morgan fingerprint density at radius 1 is 1.22 bits per heavy atom. The molecule has 2 rings (SSSR count). The Morgan fingerprint density at radius 3 is 2.39 bits per heavy atom. The first-order chi connectivity index (χ1) is 8.51. The summed E-state index contributed by atoms with van der Waals surface area (Å²) in [7, 11) is 0. The molecule has 1 aliphatic heterocycles. The third-order valence-electron chi connectivity index (χ3n) is 3.13. The molecule has 1 aromatic rings. The number of piperazine rings is 1. The molecule has 1 saturated heterocycles. The molecule has 0 radical (unpaired) electrons. The van der Waals surface area contributed by atoms with Crippen molar-refractivity contribution < 1.29 is 9.59 Å². The first-order valence-electron chi connectivity index (χ1n) is 6.20. The van der Waals surface area contributed by atoms with Gasteiger partial charge in [-0.25, -0.2) is 0 Å². The largest absolute Gasteiger partial charge is 0.343 e. The molecule has 18 heavy (non-hydrogen) atoms.